The molecule has 0 radical (unpaired) electrons. The molecule has 0 aliphatic carbocycles. The van der Waals surface area contributed by atoms with Gasteiger partial charge >= 0.3 is 0 Å². The van der Waals surface area contributed by atoms with Gasteiger partial charge in [-0.05, 0) is 68.4 Å². The Hall–Kier alpha value is -0.570. The third-order valence-corrected chi connectivity index (χ3v) is 4.81. The van der Waals surface area contributed by atoms with Crippen molar-refractivity contribution in [3.8, 4) is 0 Å². The van der Waals surface area contributed by atoms with Crippen LogP contribution in [0.4, 0.5) is 0 Å². The summed E-state index contributed by atoms with van der Waals surface area (Å²) in [7, 11) is 0. The molecule has 3 heteroatoms. The lowest BCUT2D eigenvalue weighted by Crippen LogP contribution is -2.39. The Morgan fingerprint density at radius 1 is 1.16 bits per heavy atom. The van der Waals surface area contributed by atoms with Crippen LogP contribution in [0.3, 0.4) is 0 Å². The van der Waals surface area contributed by atoms with Gasteiger partial charge in [0.1, 0.15) is 0 Å². The number of nitrogens with zero attached hydrogens (tertiary/aromatic N) is 1. The summed E-state index contributed by atoms with van der Waals surface area (Å²) < 4.78 is 0. The monoisotopic (exact) mass is 280 g/mol. The Kier molecular flexibility index (Phi) is 4.88. The summed E-state index contributed by atoms with van der Waals surface area (Å²) in [5.41, 5.74) is 4.44. The van der Waals surface area contributed by atoms with Crippen molar-refractivity contribution in [1.29, 1.82) is 0 Å². The smallest absolute Gasteiger partial charge is 0.0239 e. The second-order valence-electron chi connectivity index (χ2n) is 6.07. The fraction of sp³-hybridized carbons (Fsp3) is 0.625. The van der Waals surface area contributed by atoms with E-state index in [1.165, 1.54) is 43.7 Å². The van der Waals surface area contributed by atoms with E-state index in [-0.39, 0.29) is 12.4 Å². The Labute approximate surface area is 123 Å². The lowest BCUT2D eigenvalue weighted by atomic mass is 9.88. The fourth-order valence-corrected chi connectivity index (χ4v) is 3.58. The van der Waals surface area contributed by atoms with Crippen molar-refractivity contribution in [2.45, 2.75) is 26.8 Å². The van der Waals surface area contributed by atoms with E-state index in [1.807, 2.05) is 0 Å². The largest absolute Gasteiger partial charge is 0.316 e. The molecule has 19 heavy (non-hydrogen) atoms. The highest BCUT2D eigenvalue weighted by Gasteiger charge is 2.32. The molecule has 0 aromatic heterocycles. The number of aryl methyl sites for hydroxylation is 2. The number of hydrogen-bond donors (Lipinski definition) is 1. The van der Waals surface area contributed by atoms with Gasteiger partial charge in [0, 0.05) is 13.1 Å². The molecule has 1 aromatic rings. The second kappa shape index (κ2) is 6.25. The van der Waals surface area contributed by atoms with E-state index in [0.717, 1.165) is 18.4 Å². The van der Waals surface area contributed by atoms with Gasteiger partial charge in [0.25, 0.3) is 0 Å². The number of hydrogen-bond acceptors (Lipinski definition) is 2. The van der Waals surface area contributed by atoms with E-state index in [2.05, 4.69) is 42.3 Å². The van der Waals surface area contributed by atoms with Crippen molar-refractivity contribution >= 4 is 12.4 Å². The summed E-state index contributed by atoms with van der Waals surface area (Å²) in [5, 5.41) is 3.54. The van der Waals surface area contributed by atoms with Crippen LogP contribution in [0.1, 0.15) is 23.1 Å². The van der Waals surface area contributed by atoms with Gasteiger partial charge in [0.05, 0.1) is 0 Å². The van der Waals surface area contributed by atoms with E-state index >= 15 is 0 Å². The molecule has 0 amide bonds. The van der Waals surface area contributed by atoms with Gasteiger partial charge in [0.15, 0.2) is 0 Å². The Morgan fingerprint density at radius 3 is 2.58 bits per heavy atom. The third kappa shape index (κ3) is 3.13. The Morgan fingerprint density at radius 2 is 1.84 bits per heavy atom. The maximum absolute atomic E-state index is 3.54. The molecule has 2 unspecified atom stereocenters. The average Bonchev–Trinajstić information content (AvgIpc) is 2.81. The fourth-order valence-electron chi connectivity index (χ4n) is 3.58. The summed E-state index contributed by atoms with van der Waals surface area (Å²) in [5.74, 6) is 1.84. The normalized spacial score (nSPS) is 26.8. The number of rotatable bonds is 2. The van der Waals surface area contributed by atoms with Crippen LogP contribution in [-0.4, -0.2) is 31.1 Å². The molecule has 1 aromatic carbocycles. The predicted molar refractivity (Wildman–Crippen MR) is 82.9 cm³/mol. The summed E-state index contributed by atoms with van der Waals surface area (Å²) in [6.07, 6.45) is 1.38. The topological polar surface area (TPSA) is 15.3 Å². The highest BCUT2D eigenvalue weighted by molar-refractivity contribution is 5.85. The molecular formula is C16H25ClN2. The van der Waals surface area contributed by atoms with E-state index in [9.17, 15) is 0 Å². The maximum Gasteiger partial charge on any atom is 0.0239 e. The number of fused-ring (bicyclic) bond motifs is 1. The molecule has 2 aliphatic heterocycles. The van der Waals surface area contributed by atoms with Crippen LogP contribution < -0.4 is 5.32 Å². The first kappa shape index (κ1) is 14.8. The Balaban J connectivity index is 0.00000133. The van der Waals surface area contributed by atoms with Gasteiger partial charge in [-0.3, -0.25) is 4.90 Å². The van der Waals surface area contributed by atoms with Crippen molar-refractivity contribution in [2.75, 3.05) is 26.2 Å². The van der Waals surface area contributed by atoms with Gasteiger partial charge in [0.2, 0.25) is 0 Å². The van der Waals surface area contributed by atoms with Crippen LogP contribution in [-0.2, 0) is 6.54 Å². The van der Waals surface area contributed by atoms with Crippen LogP contribution in [0, 0.1) is 25.7 Å². The molecule has 2 heterocycles. The molecule has 0 saturated carbocycles. The van der Waals surface area contributed by atoms with Gasteiger partial charge in [-0.15, -0.1) is 12.4 Å². The molecule has 2 saturated heterocycles. The third-order valence-electron chi connectivity index (χ3n) is 4.81. The zero-order valence-electron chi connectivity index (χ0n) is 12.0. The highest BCUT2D eigenvalue weighted by Crippen LogP contribution is 2.28. The van der Waals surface area contributed by atoms with E-state index in [1.54, 1.807) is 5.56 Å². The maximum atomic E-state index is 3.54. The summed E-state index contributed by atoms with van der Waals surface area (Å²) in [4.78, 5) is 2.66. The van der Waals surface area contributed by atoms with Crippen molar-refractivity contribution in [3.63, 3.8) is 0 Å². The van der Waals surface area contributed by atoms with Crippen molar-refractivity contribution in [3.05, 3.63) is 34.9 Å². The quantitative estimate of drug-likeness (QED) is 0.896. The molecule has 106 valence electrons. The summed E-state index contributed by atoms with van der Waals surface area (Å²) in [6, 6.07) is 6.65. The molecule has 0 spiro atoms. The van der Waals surface area contributed by atoms with E-state index in [0.29, 0.717) is 0 Å². The minimum atomic E-state index is 0. The standard InChI is InChI=1S/C16H24N2.ClH/c1-12-4-3-5-13(2)16(12)11-18-7-6-14-8-17-9-15(14)10-18;/h3-5,14-15,17H,6-11H2,1-2H3;1H. The number of halogens is 1. The van der Waals surface area contributed by atoms with Crippen LogP contribution in [0.5, 0.6) is 0 Å². The Bertz CT molecular complexity index is 413. The molecule has 2 aliphatic rings. The molecule has 0 bridgehead atoms. The average molecular weight is 281 g/mol. The lowest BCUT2D eigenvalue weighted by molar-refractivity contribution is 0.142. The van der Waals surface area contributed by atoms with Crippen LogP contribution >= 0.6 is 12.4 Å². The van der Waals surface area contributed by atoms with Crippen LogP contribution in [0.15, 0.2) is 18.2 Å². The zero-order chi connectivity index (χ0) is 12.5. The van der Waals surface area contributed by atoms with Gasteiger partial charge in [-0.2, -0.15) is 0 Å². The molecule has 2 fully saturated rings. The summed E-state index contributed by atoms with van der Waals surface area (Å²) in [6.45, 7) is 10.7. The molecule has 2 nitrogen and oxygen atoms in total. The lowest BCUT2D eigenvalue weighted by Gasteiger charge is -2.35. The predicted octanol–water partition coefficient (Wildman–Crippen LogP) is 2.77. The first-order valence-corrected chi connectivity index (χ1v) is 7.22. The number of benzene rings is 1. The number of likely N-dealkylation sites (tertiary alicyclic amines) is 1. The molecule has 3 rings (SSSR count). The SMILES string of the molecule is Cc1cccc(C)c1CN1CCC2CNCC2C1.Cl. The highest BCUT2D eigenvalue weighted by atomic mass is 35.5. The van der Waals surface area contributed by atoms with Crippen molar-refractivity contribution in [2.24, 2.45) is 11.8 Å². The van der Waals surface area contributed by atoms with Gasteiger partial charge in [-0.1, -0.05) is 18.2 Å². The van der Waals surface area contributed by atoms with Crippen molar-refractivity contribution < 1.29 is 0 Å². The summed E-state index contributed by atoms with van der Waals surface area (Å²) >= 11 is 0. The van der Waals surface area contributed by atoms with Gasteiger partial charge < -0.3 is 5.32 Å². The first-order valence-electron chi connectivity index (χ1n) is 7.22. The molecule has 2 atom stereocenters. The van der Waals surface area contributed by atoms with E-state index < -0.39 is 0 Å². The molecular weight excluding hydrogens is 256 g/mol. The zero-order valence-corrected chi connectivity index (χ0v) is 12.8. The van der Waals surface area contributed by atoms with Gasteiger partial charge in [-0.25, -0.2) is 0 Å². The van der Waals surface area contributed by atoms with Crippen LogP contribution in [0.2, 0.25) is 0 Å². The molecule has 1 N–H and O–H groups in total. The second-order valence-corrected chi connectivity index (χ2v) is 6.07. The van der Waals surface area contributed by atoms with E-state index in [4.69, 9.17) is 0 Å². The van der Waals surface area contributed by atoms with Crippen LogP contribution in [0.25, 0.3) is 0 Å². The number of nitrogens with one attached hydrogen (secondary N) is 1. The number of piperidine rings is 1. The minimum absolute atomic E-state index is 0. The minimum Gasteiger partial charge on any atom is -0.316 e. The van der Waals surface area contributed by atoms with Crippen molar-refractivity contribution in [1.82, 2.24) is 10.2 Å². The first-order chi connectivity index (χ1) is 8.74.